The molecular weight excluding hydrogens is 244 g/mol. The molecule has 0 bridgehead atoms. The average molecular weight is 268 g/mol. The molecule has 0 aromatic carbocycles. The fourth-order valence-corrected chi connectivity index (χ4v) is 2.99. The molecule has 0 heterocycles. The van der Waals surface area contributed by atoms with Gasteiger partial charge in [-0.05, 0) is 43.4 Å². The second kappa shape index (κ2) is 5.80. The number of carbonyl (C=O) groups is 2. The van der Waals surface area contributed by atoms with E-state index in [4.69, 9.17) is 5.11 Å². The summed E-state index contributed by atoms with van der Waals surface area (Å²) in [5.74, 6) is -0.928. The first-order chi connectivity index (χ1) is 9.06. The van der Waals surface area contributed by atoms with Crippen LogP contribution in [0.2, 0.25) is 0 Å². The molecule has 5 nitrogen and oxygen atoms in total. The van der Waals surface area contributed by atoms with Crippen LogP contribution in [-0.2, 0) is 4.79 Å². The van der Waals surface area contributed by atoms with Crippen molar-refractivity contribution in [2.75, 3.05) is 13.1 Å². The van der Waals surface area contributed by atoms with Crippen molar-refractivity contribution in [2.45, 2.75) is 45.4 Å². The Balaban J connectivity index is 1.67. The van der Waals surface area contributed by atoms with E-state index in [0.717, 1.165) is 32.2 Å². The third kappa shape index (κ3) is 3.61. The third-order valence-electron chi connectivity index (χ3n) is 4.83. The Labute approximate surface area is 114 Å². The monoisotopic (exact) mass is 268 g/mol. The molecule has 19 heavy (non-hydrogen) atoms. The minimum atomic E-state index is -0.729. The summed E-state index contributed by atoms with van der Waals surface area (Å²) < 4.78 is 0. The van der Waals surface area contributed by atoms with E-state index in [0.29, 0.717) is 12.0 Å². The van der Waals surface area contributed by atoms with Gasteiger partial charge < -0.3 is 15.7 Å². The van der Waals surface area contributed by atoms with Crippen LogP contribution in [0.1, 0.15) is 45.4 Å². The van der Waals surface area contributed by atoms with Crippen molar-refractivity contribution in [3.63, 3.8) is 0 Å². The molecule has 2 rings (SSSR count). The highest BCUT2D eigenvalue weighted by molar-refractivity contribution is 5.74. The van der Waals surface area contributed by atoms with Crippen LogP contribution in [0.3, 0.4) is 0 Å². The molecule has 3 N–H and O–H groups in total. The van der Waals surface area contributed by atoms with Gasteiger partial charge in [-0.25, -0.2) is 4.79 Å². The van der Waals surface area contributed by atoms with Gasteiger partial charge in [-0.1, -0.05) is 13.3 Å². The number of aliphatic carboxylic acids is 1. The Morgan fingerprint density at radius 3 is 2.58 bits per heavy atom. The van der Waals surface area contributed by atoms with Crippen molar-refractivity contribution in [1.82, 2.24) is 10.6 Å². The molecule has 2 fully saturated rings. The maximum absolute atomic E-state index is 11.7. The molecule has 0 aliphatic heterocycles. The Morgan fingerprint density at radius 1 is 1.26 bits per heavy atom. The number of hydrogen-bond acceptors (Lipinski definition) is 2. The molecule has 0 aromatic rings. The summed E-state index contributed by atoms with van der Waals surface area (Å²) in [6.07, 6.45) is 6.10. The minimum absolute atomic E-state index is 0.0873. The number of nitrogens with one attached hydrogen (secondary N) is 2. The zero-order chi connectivity index (χ0) is 13.9. The van der Waals surface area contributed by atoms with Gasteiger partial charge in [0, 0.05) is 13.1 Å². The summed E-state index contributed by atoms with van der Waals surface area (Å²) in [5.41, 5.74) is 0.342. The van der Waals surface area contributed by atoms with Gasteiger partial charge in [-0.3, -0.25) is 4.79 Å². The molecule has 2 saturated carbocycles. The van der Waals surface area contributed by atoms with E-state index in [9.17, 15) is 9.59 Å². The van der Waals surface area contributed by atoms with E-state index < -0.39 is 5.97 Å². The molecule has 5 heteroatoms. The smallest absolute Gasteiger partial charge is 0.314 e. The van der Waals surface area contributed by atoms with Crippen molar-refractivity contribution >= 4 is 12.0 Å². The lowest BCUT2D eigenvalue weighted by molar-refractivity contribution is -0.142. The summed E-state index contributed by atoms with van der Waals surface area (Å²) in [6.45, 7) is 3.37. The maximum atomic E-state index is 11.7. The topological polar surface area (TPSA) is 78.4 Å². The summed E-state index contributed by atoms with van der Waals surface area (Å²) in [7, 11) is 0. The number of urea groups is 1. The Hall–Kier alpha value is -1.26. The molecule has 0 saturated heterocycles. The number of carboxylic acid groups (broad SMARTS) is 1. The first-order valence-corrected chi connectivity index (χ1v) is 7.31. The standard InChI is InChI=1S/C14H24N2O3/c1-2-14(6-7-14)9-16-13(19)15-8-10-4-3-5-11(10)12(17)18/h10-11H,2-9H2,1H3,(H,17,18)(H2,15,16,19). The van der Waals surface area contributed by atoms with Gasteiger partial charge in [0.1, 0.15) is 0 Å². The van der Waals surface area contributed by atoms with Crippen LogP contribution in [0.25, 0.3) is 0 Å². The molecule has 0 radical (unpaired) electrons. The quantitative estimate of drug-likeness (QED) is 0.689. The zero-order valence-corrected chi connectivity index (χ0v) is 11.6. The van der Waals surface area contributed by atoms with E-state index in [1.165, 1.54) is 12.8 Å². The highest BCUT2D eigenvalue weighted by atomic mass is 16.4. The fourth-order valence-electron chi connectivity index (χ4n) is 2.99. The second-order valence-electron chi connectivity index (χ2n) is 6.05. The number of carbonyl (C=O) groups excluding carboxylic acids is 1. The van der Waals surface area contributed by atoms with E-state index in [-0.39, 0.29) is 17.9 Å². The Kier molecular flexibility index (Phi) is 4.32. The van der Waals surface area contributed by atoms with Crippen LogP contribution in [0, 0.1) is 17.3 Å². The van der Waals surface area contributed by atoms with Gasteiger partial charge >= 0.3 is 12.0 Å². The molecule has 2 aliphatic rings. The number of amides is 2. The molecule has 2 atom stereocenters. The van der Waals surface area contributed by atoms with Gasteiger partial charge in [0.25, 0.3) is 0 Å². The number of carboxylic acids is 1. The van der Waals surface area contributed by atoms with E-state index in [2.05, 4.69) is 17.6 Å². The lowest BCUT2D eigenvalue weighted by atomic mass is 9.96. The minimum Gasteiger partial charge on any atom is -0.481 e. The molecule has 2 unspecified atom stereocenters. The van der Waals surface area contributed by atoms with Crippen LogP contribution in [0.5, 0.6) is 0 Å². The summed E-state index contributed by atoms with van der Waals surface area (Å²) in [4.78, 5) is 22.7. The van der Waals surface area contributed by atoms with Crippen molar-refractivity contribution in [2.24, 2.45) is 17.3 Å². The van der Waals surface area contributed by atoms with Crippen LogP contribution < -0.4 is 10.6 Å². The Bertz CT molecular complexity index is 353. The van der Waals surface area contributed by atoms with Gasteiger partial charge in [-0.15, -0.1) is 0 Å². The molecular formula is C14H24N2O3. The molecule has 108 valence electrons. The predicted molar refractivity (Wildman–Crippen MR) is 71.8 cm³/mol. The lowest BCUT2D eigenvalue weighted by Crippen LogP contribution is -2.41. The van der Waals surface area contributed by atoms with Gasteiger partial charge in [0.15, 0.2) is 0 Å². The fraction of sp³-hybridized carbons (Fsp3) is 0.857. The van der Waals surface area contributed by atoms with E-state index in [1.807, 2.05) is 0 Å². The van der Waals surface area contributed by atoms with Crippen molar-refractivity contribution < 1.29 is 14.7 Å². The van der Waals surface area contributed by atoms with Gasteiger partial charge in [-0.2, -0.15) is 0 Å². The first kappa shape index (κ1) is 14.2. The van der Waals surface area contributed by atoms with Gasteiger partial charge in [0.05, 0.1) is 5.92 Å². The van der Waals surface area contributed by atoms with E-state index in [1.54, 1.807) is 0 Å². The largest absolute Gasteiger partial charge is 0.481 e. The highest BCUT2D eigenvalue weighted by Crippen LogP contribution is 2.47. The van der Waals surface area contributed by atoms with Crippen LogP contribution in [0.4, 0.5) is 4.79 Å². The average Bonchev–Trinajstić information content (AvgIpc) is 3.02. The van der Waals surface area contributed by atoms with Gasteiger partial charge in [0.2, 0.25) is 0 Å². The van der Waals surface area contributed by atoms with Crippen molar-refractivity contribution in [1.29, 1.82) is 0 Å². The van der Waals surface area contributed by atoms with Crippen LogP contribution >= 0.6 is 0 Å². The first-order valence-electron chi connectivity index (χ1n) is 7.31. The lowest BCUT2D eigenvalue weighted by Gasteiger charge is -2.18. The van der Waals surface area contributed by atoms with Crippen LogP contribution in [-0.4, -0.2) is 30.2 Å². The van der Waals surface area contributed by atoms with Crippen molar-refractivity contribution in [3.05, 3.63) is 0 Å². The number of hydrogen-bond donors (Lipinski definition) is 3. The van der Waals surface area contributed by atoms with Crippen molar-refractivity contribution in [3.8, 4) is 0 Å². The van der Waals surface area contributed by atoms with Crippen LogP contribution in [0.15, 0.2) is 0 Å². The SMILES string of the molecule is CCC1(CNC(=O)NCC2CCCC2C(=O)O)CC1. The summed E-state index contributed by atoms with van der Waals surface area (Å²) in [5, 5.41) is 14.8. The van der Waals surface area contributed by atoms with E-state index >= 15 is 0 Å². The summed E-state index contributed by atoms with van der Waals surface area (Å²) >= 11 is 0. The molecule has 2 amide bonds. The molecule has 0 aromatic heterocycles. The third-order valence-corrected chi connectivity index (χ3v) is 4.83. The summed E-state index contributed by atoms with van der Waals surface area (Å²) in [6, 6.07) is -0.157. The second-order valence-corrected chi connectivity index (χ2v) is 6.05. The Morgan fingerprint density at radius 2 is 2.00 bits per heavy atom. The predicted octanol–water partition coefficient (Wildman–Crippen LogP) is 1.98. The maximum Gasteiger partial charge on any atom is 0.314 e. The number of rotatable bonds is 6. The molecule has 2 aliphatic carbocycles. The normalized spacial score (nSPS) is 27.8. The molecule has 0 spiro atoms. The zero-order valence-electron chi connectivity index (χ0n) is 11.6. The highest BCUT2D eigenvalue weighted by Gasteiger charge is 2.40.